The van der Waals surface area contributed by atoms with Gasteiger partial charge in [-0.15, -0.1) is 0 Å². The molecule has 1 amide bonds. The topological polar surface area (TPSA) is 108 Å². The van der Waals surface area contributed by atoms with E-state index in [-0.39, 0.29) is 23.4 Å². The first-order valence-electron chi connectivity index (χ1n) is 5.70. The van der Waals surface area contributed by atoms with Gasteiger partial charge in [-0.1, -0.05) is 12.1 Å². The van der Waals surface area contributed by atoms with E-state index in [1.54, 1.807) is 25.1 Å². The predicted molar refractivity (Wildman–Crippen MR) is 70.6 cm³/mol. The fourth-order valence-corrected chi connectivity index (χ4v) is 1.81. The number of nitrogen functional groups attached to an aromatic ring is 1. The lowest BCUT2D eigenvalue weighted by Crippen LogP contribution is -2.13. The van der Waals surface area contributed by atoms with Crippen LogP contribution >= 0.6 is 0 Å². The third kappa shape index (κ3) is 2.20. The summed E-state index contributed by atoms with van der Waals surface area (Å²) in [5.41, 5.74) is 12.2. The van der Waals surface area contributed by atoms with Gasteiger partial charge in [-0.05, 0) is 13.0 Å². The number of aromatic nitrogens is 1. The molecule has 0 spiro atoms. The van der Waals surface area contributed by atoms with Gasteiger partial charge in [0.25, 0.3) is 5.91 Å². The summed E-state index contributed by atoms with van der Waals surface area (Å²) in [7, 11) is 0. The van der Waals surface area contributed by atoms with Crippen LogP contribution in [0.3, 0.4) is 0 Å². The highest BCUT2D eigenvalue weighted by atomic mass is 16.5. The number of nitrogens with two attached hydrogens (primary N) is 2. The van der Waals surface area contributed by atoms with Crippen molar-refractivity contribution < 1.29 is 14.3 Å². The van der Waals surface area contributed by atoms with E-state index in [4.69, 9.17) is 16.2 Å². The summed E-state index contributed by atoms with van der Waals surface area (Å²) in [6.07, 6.45) is 1.29. The Labute approximate surface area is 109 Å². The molecule has 0 aliphatic rings. The number of pyridine rings is 1. The molecule has 4 N–H and O–H groups in total. The largest absolute Gasteiger partial charge is 0.462 e. The zero-order valence-electron chi connectivity index (χ0n) is 10.3. The molecule has 0 unspecified atom stereocenters. The van der Waals surface area contributed by atoms with E-state index in [1.165, 1.54) is 6.20 Å². The van der Waals surface area contributed by atoms with E-state index < -0.39 is 11.9 Å². The minimum absolute atomic E-state index is 0.177. The van der Waals surface area contributed by atoms with Crippen LogP contribution in [-0.4, -0.2) is 23.5 Å². The SMILES string of the molecule is CCOC(=O)c1cnc2c(C(N)=O)cccc2c1N. The Morgan fingerprint density at radius 2 is 2.05 bits per heavy atom. The fraction of sp³-hybridized carbons (Fsp3) is 0.154. The molecule has 1 aromatic heterocycles. The Bertz CT molecular complexity index is 667. The first kappa shape index (κ1) is 12.8. The summed E-state index contributed by atoms with van der Waals surface area (Å²) in [5, 5.41) is 0.502. The van der Waals surface area contributed by atoms with Gasteiger partial charge in [-0.25, -0.2) is 4.79 Å². The molecule has 2 aromatic rings. The summed E-state index contributed by atoms with van der Waals surface area (Å²) in [6, 6.07) is 4.86. The van der Waals surface area contributed by atoms with Crippen LogP contribution in [0.2, 0.25) is 0 Å². The molecule has 0 aliphatic carbocycles. The van der Waals surface area contributed by atoms with Gasteiger partial charge in [-0.3, -0.25) is 9.78 Å². The zero-order chi connectivity index (χ0) is 14.0. The molecule has 6 heteroatoms. The van der Waals surface area contributed by atoms with Crippen molar-refractivity contribution in [1.29, 1.82) is 0 Å². The monoisotopic (exact) mass is 259 g/mol. The number of nitrogens with zero attached hydrogens (tertiary/aromatic N) is 1. The lowest BCUT2D eigenvalue weighted by molar-refractivity contribution is 0.0527. The molecule has 0 aliphatic heterocycles. The molecule has 0 radical (unpaired) electrons. The Balaban J connectivity index is 2.66. The average molecular weight is 259 g/mol. The summed E-state index contributed by atoms with van der Waals surface area (Å²) in [5.74, 6) is -1.14. The second kappa shape index (κ2) is 4.93. The molecule has 0 bridgehead atoms. The Hall–Kier alpha value is -2.63. The van der Waals surface area contributed by atoms with Gasteiger partial charge in [0.05, 0.1) is 23.4 Å². The minimum Gasteiger partial charge on any atom is -0.462 e. The molecule has 0 fully saturated rings. The van der Waals surface area contributed by atoms with Crippen molar-refractivity contribution in [3.05, 3.63) is 35.5 Å². The highest BCUT2D eigenvalue weighted by molar-refractivity contribution is 6.10. The van der Waals surface area contributed by atoms with Gasteiger partial charge in [0.2, 0.25) is 0 Å². The maximum absolute atomic E-state index is 11.7. The molecule has 0 saturated heterocycles. The molecule has 2 rings (SSSR count). The van der Waals surface area contributed by atoms with E-state index >= 15 is 0 Å². The van der Waals surface area contributed by atoms with E-state index in [2.05, 4.69) is 4.98 Å². The molecule has 19 heavy (non-hydrogen) atoms. The van der Waals surface area contributed by atoms with Crippen molar-refractivity contribution >= 4 is 28.5 Å². The second-order valence-corrected chi connectivity index (χ2v) is 3.87. The van der Waals surface area contributed by atoms with Gasteiger partial charge >= 0.3 is 5.97 Å². The number of amides is 1. The smallest absolute Gasteiger partial charge is 0.341 e. The molecular formula is C13H13N3O3. The third-order valence-corrected chi connectivity index (χ3v) is 2.70. The number of anilines is 1. The number of primary amides is 1. The third-order valence-electron chi connectivity index (χ3n) is 2.70. The number of para-hydroxylation sites is 1. The quantitative estimate of drug-likeness (QED) is 0.802. The molecule has 0 atom stereocenters. The number of carbonyl (C=O) groups is 2. The van der Waals surface area contributed by atoms with Crippen molar-refractivity contribution in [2.45, 2.75) is 6.92 Å². The Morgan fingerprint density at radius 3 is 2.68 bits per heavy atom. The highest BCUT2D eigenvalue weighted by Gasteiger charge is 2.16. The number of hydrogen-bond acceptors (Lipinski definition) is 5. The van der Waals surface area contributed by atoms with Crippen LogP contribution in [-0.2, 0) is 4.74 Å². The average Bonchev–Trinajstić information content (AvgIpc) is 2.38. The van der Waals surface area contributed by atoms with Crippen LogP contribution < -0.4 is 11.5 Å². The second-order valence-electron chi connectivity index (χ2n) is 3.87. The van der Waals surface area contributed by atoms with Gasteiger partial charge in [0.1, 0.15) is 5.56 Å². The van der Waals surface area contributed by atoms with Crippen LogP contribution in [0.25, 0.3) is 10.9 Å². The van der Waals surface area contributed by atoms with E-state index in [0.29, 0.717) is 10.9 Å². The summed E-state index contributed by atoms with van der Waals surface area (Å²) >= 11 is 0. The van der Waals surface area contributed by atoms with Crippen molar-refractivity contribution in [1.82, 2.24) is 4.98 Å². The van der Waals surface area contributed by atoms with E-state index in [9.17, 15) is 9.59 Å². The van der Waals surface area contributed by atoms with Crippen LogP contribution in [0.5, 0.6) is 0 Å². The molecule has 0 saturated carbocycles. The number of hydrogen-bond donors (Lipinski definition) is 2. The molecular weight excluding hydrogens is 246 g/mol. The molecule has 98 valence electrons. The molecule has 1 heterocycles. The normalized spacial score (nSPS) is 10.4. The lowest BCUT2D eigenvalue weighted by Gasteiger charge is -2.09. The Morgan fingerprint density at radius 1 is 1.32 bits per heavy atom. The lowest BCUT2D eigenvalue weighted by atomic mass is 10.1. The summed E-state index contributed by atoms with van der Waals surface area (Å²) < 4.78 is 4.88. The minimum atomic E-state index is -0.596. The molecule has 6 nitrogen and oxygen atoms in total. The maximum atomic E-state index is 11.7. The van der Waals surface area contributed by atoms with E-state index in [0.717, 1.165) is 0 Å². The predicted octanol–water partition coefficient (Wildman–Crippen LogP) is 1.09. The summed E-state index contributed by atoms with van der Waals surface area (Å²) in [6.45, 7) is 1.95. The van der Waals surface area contributed by atoms with Crippen LogP contribution in [0, 0.1) is 0 Å². The first-order chi connectivity index (χ1) is 9.06. The number of carbonyl (C=O) groups excluding carboxylic acids is 2. The van der Waals surface area contributed by atoms with Gasteiger partial charge < -0.3 is 16.2 Å². The van der Waals surface area contributed by atoms with Crippen molar-refractivity contribution in [3.63, 3.8) is 0 Å². The van der Waals surface area contributed by atoms with Crippen molar-refractivity contribution in [3.8, 4) is 0 Å². The molecule has 1 aromatic carbocycles. The van der Waals surface area contributed by atoms with Crippen molar-refractivity contribution in [2.24, 2.45) is 5.73 Å². The zero-order valence-corrected chi connectivity index (χ0v) is 10.3. The first-order valence-corrected chi connectivity index (χ1v) is 5.70. The maximum Gasteiger partial charge on any atom is 0.341 e. The van der Waals surface area contributed by atoms with Gasteiger partial charge in [0, 0.05) is 11.6 Å². The van der Waals surface area contributed by atoms with Gasteiger partial charge in [0.15, 0.2) is 0 Å². The van der Waals surface area contributed by atoms with Crippen LogP contribution in [0.1, 0.15) is 27.6 Å². The van der Waals surface area contributed by atoms with Crippen LogP contribution in [0.4, 0.5) is 5.69 Å². The van der Waals surface area contributed by atoms with E-state index in [1.807, 2.05) is 0 Å². The van der Waals surface area contributed by atoms with Gasteiger partial charge in [-0.2, -0.15) is 0 Å². The number of ether oxygens (including phenoxy) is 1. The fourth-order valence-electron chi connectivity index (χ4n) is 1.81. The van der Waals surface area contributed by atoms with Crippen LogP contribution in [0.15, 0.2) is 24.4 Å². The van der Waals surface area contributed by atoms with Crippen molar-refractivity contribution in [2.75, 3.05) is 12.3 Å². The number of esters is 1. The highest BCUT2D eigenvalue weighted by Crippen LogP contribution is 2.25. The number of benzene rings is 1. The number of fused-ring (bicyclic) bond motifs is 1. The number of rotatable bonds is 3. The standard InChI is InChI=1S/C13H13N3O3/c1-2-19-13(18)9-6-16-11-7(10(9)14)4-3-5-8(11)12(15)17/h3-6H,2H2,1H3,(H2,14,16)(H2,15,17). The summed E-state index contributed by atoms with van der Waals surface area (Å²) in [4.78, 5) is 27.1. The Kier molecular flexibility index (Phi) is 3.33.